The van der Waals surface area contributed by atoms with Crippen LogP contribution in [0.2, 0.25) is 0 Å². The number of aromatic nitrogens is 1. The lowest BCUT2D eigenvalue weighted by Gasteiger charge is -2.01. The summed E-state index contributed by atoms with van der Waals surface area (Å²) in [7, 11) is 1.33. The summed E-state index contributed by atoms with van der Waals surface area (Å²) in [4.78, 5) is 11.8. The van der Waals surface area contributed by atoms with Gasteiger partial charge in [0.15, 0.2) is 4.88 Å². The number of benzene rings is 1. The summed E-state index contributed by atoms with van der Waals surface area (Å²) in [5.74, 6) is -0.445. The summed E-state index contributed by atoms with van der Waals surface area (Å²) in [6.07, 6.45) is 0. The SMILES string of the molecule is COC(=O)c1snc(-c2cccc(C)c2)c1N. The molecule has 0 saturated carbocycles. The standard InChI is InChI=1S/C12H12N2O2S/c1-7-4-3-5-8(6-7)10-9(13)11(17-14-10)12(15)16-2/h3-6H,13H2,1-2H3. The number of rotatable bonds is 2. The van der Waals surface area contributed by atoms with Gasteiger partial charge in [-0.15, -0.1) is 0 Å². The topological polar surface area (TPSA) is 65.2 Å². The maximum Gasteiger partial charge on any atom is 0.351 e. The summed E-state index contributed by atoms with van der Waals surface area (Å²) in [5.41, 5.74) is 8.96. The van der Waals surface area contributed by atoms with Crippen molar-refractivity contribution in [2.45, 2.75) is 6.92 Å². The van der Waals surface area contributed by atoms with E-state index < -0.39 is 5.97 Å². The number of carbonyl (C=O) groups is 1. The normalized spacial score (nSPS) is 10.2. The van der Waals surface area contributed by atoms with Crippen molar-refractivity contribution in [3.05, 3.63) is 34.7 Å². The number of nitrogens with zero attached hydrogens (tertiary/aromatic N) is 1. The van der Waals surface area contributed by atoms with Crippen molar-refractivity contribution in [3.8, 4) is 11.3 Å². The smallest absolute Gasteiger partial charge is 0.351 e. The Morgan fingerprint density at radius 1 is 1.47 bits per heavy atom. The average Bonchev–Trinajstić information content (AvgIpc) is 2.70. The molecule has 1 aromatic carbocycles. The van der Waals surface area contributed by atoms with Crippen molar-refractivity contribution >= 4 is 23.2 Å². The second-order valence-corrected chi connectivity index (χ2v) is 4.41. The van der Waals surface area contributed by atoms with Crippen LogP contribution in [0.4, 0.5) is 5.69 Å². The molecule has 1 aromatic heterocycles. The molecule has 88 valence electrons. The van der Waals surface area contributed by atoms with Gasteiger partial charge in [-0.3, -0.25) is 0 Å². The molecule has 5 heteroatoms. The molecule has 2 N–H and O–H groups in total. The molecule has 4 nitrogen and oxygen atoms in total. The van der Waals surface area contributed by atoms with Gasteiger partial charge < -0.3 is 10.5 Å². The van der Waals surface area contributed by atoms with E-state index in [9.17, 15) is 4.79 Å². The van der Waals surface area contributed by atoms with Crippen molar-refractivity contribution in [2.75, 3.05) is 12.8 Å². The molecular formula is C12H12N2O2S. The third-order valence-corrected chi connectivity index (χ3v) is 3.23. The maximum absolute atomic E-state index is 11.4. The van der Waals surface area contributed by atoms with Gasteiger partial charge in [0.2, 0.25) is 0 Å². The van der Waals surface area contributed by atoms with Gasteiger partial charge in [0.1, 0.15) is 5.69 Å². The Morgan fingerprint density at radius 3 is 2.88 bits per heavy atom. The molecule has 0 aliphatic carbocycles. The Kier molecular flexibility index (Phi) is 3.10. The number of nitrogen functional groups attached to an aromatic ring is 1. The predicted octanol–water partition coefficient (Wildman–Crippen LogP) is 2.49. The van der Waals surface area contributed by atoms with Crippen LogP contribution in [0, 0.1) is 6.92 Å². The van der Waals surface area contributed by atoms with Crippen molar-refractivity contribution in [2.24, 2.45) is 0 Å². The quantitative estimate of drug-likeness (QED) is 0.829. The first-order chi connectivity index (χ1) is 8.13. The molecule has 0 atom stereocenters. The second-order valence-electron chi connectivity index (χ2n) is 3.64. The average molecular weight is 248 g/mol. The number of hydrogen-bond donors (Lipinski definition) is 1. The highest BCUT2D eigenvalue weighted by molar-refractivity contribution is 7.09. The van der Waals surface area contributed by atoms with Crippen molar-refractivity contribution in [3.63, 3.8) is 0 Å². The van der Waals surface area contributed by atoms with Gasteiger partial charge in [-0.05, 0) is 24.5 Å². The van der Waals surface area contributed by atoms with Crippen molar-refractivity contribution in [1.82, 2.24) is 4.37 Å². The Morgan fingerprint density at radius 2 is 2.24 bits per heavy atom. The van der Waals surface area contributed by atoms with Gasteiger partial charge in [0, 0.05) is 5.56 Å². The molecular weight excluding hydrogens is 236 g/mol. The first kappa shape index (κ1) is 11.6. The van der Waals surface area contributed by atoms with E-state index in [0.29, 0.717) is 16.3 Å². The Balaban J connectivity index is 2.48. The van der Waals surface area contributed by atoms with Gasteiger partial charge in [-0.1, -0.05) is 23.8 Å². The molecule has 0 amide bonds. The summed E-state index contributed by atoms with van der Waals surface area (Å²) < 4.78 is 8.85. The number of aryl methyl sites for hydroxylation is 1. The van der Waals surface area contributed by atoms with Crippen LogP contribution in [-0.4, -0.2) is 17.5 Å². The zero-order chi connectivity index (χ0) is 12.4. The van der Waals surface area contributed by atoms with Crippen LogP contribution >= 0.6 is 11.5 Å². The Labute approximate surface area is 103 Å². The fourth-order valence-corrected chi connectivity index (χ4v) is 2.28. The van der Waals surface area contributed by atoms with E-state index in [1.807, 2.05) is 31.2 Å². The first-order valence-electron chi connectivity index (χ1n) is 5.04. The van der Waals surface area contributed by atoms with E-state index >= 15 is 0 Å². The number of carbonyl (C=O) groups excluding carboxylic acids is 1. The van der Waals surface area contributed by atoms with Crippen molar-refractivity contribution in [1.29, 1.82) is 0 Å². The zero-order valence-electron chi connectivity index (χ0n) is 9.56. The van der Waals surface area contributed by atoms with Gasteiger partial charge in [0.25, 0.3) is 0 Å². The highest BCUT2D eigenvalue weighted by Crippen LogP contribution is 2.31. The summed E-state index contributed by atoms with van der Waals surface area (Å²) >= 11 is 1.06. The second kappa shape index (κ2) is 4.55. The molecule has 0 radical (unpaired) electrons. The predicted molar refractivity (Wildman–Crippen MR) is 68.0 cm³/mol. The van der Waals surface area contributed by atoms with Crippen LogP contribution in [0.5, 0.6) is 0 Å². The van der Waals surface area contributed by atoms with E-state index in [1.54, 1.807) is 0 Å². The van der Waals surface area contributed by atoms with E-state index in [0.717, 1.165) is 22.7 Å². The molecule has 2 rings (SSSR count). The molecule has 0 aliphatic heterocycles. The zero-order valence-corrected chi connectivity index (χ0v) is 10.4. The molecule has 0 fully saturated rings. The van der Waals surface area contributed by atoms with Crippen molar-refractivity contribution < 1.29 is 9.53 Å². The van der Waals surface area contributed by atoms with E-state index in [4.69, 9.17) is 5.73 Å². The number of hydrogen-bond acceptors (Lipinski definition) is 5. The van der Waals surface area contributed by atoms with Gasteiger partial charge in [-0.25, -0.2) is 4.79 Å². The Bertz CT molecular complexity index is 563. The minimum absolute atomic E-state index is 0.351. The fourth-order valence-electron chi connectivity index (χ4n) is 1.54. The van der Waals surface area contributed by atoms with E-state index in [1.165, 1.54) is 7.11 Å². The lowest BCUT2D eigenvalue weighted by atomic mass is 10.1. The van der Waals surface area contributed by atoms with E-state index in [-0.39, 0.29) is 0 Å². The summed E-state index contributed by atoms with van der Waals surface area (Å²) in [6.45, 7) is 1.99. The molecule has 2 aromatic rings. The van der Waals surface area contributed by atoms with Crippen LogP contribution < -0.4 is 5.73 Å². The van der Waals surface area contributed by atoms with E-state index in [2.05, 4.69) is 9.11 Å². The number of esters is 1. The van der Waals surface area contributed by atoms with Crippen LogP contribution in [0.15, 0.2) is 24.3 Å². The molecule has 1 heterocycles. The monoisotopic (exact) mass is 248 g/mol. The summed E-state index contributed by atoms with van der Waals surface area (Å²) in [6, 6.07) is 7.82. The fraction of sp³-hybridized carbons (Fsp3) is 0.167. The lowest BCUT2D eigenvalue weighted by molar-refractivity contribution is 0.0607. The number of methoxy groups -OCH3 is 1. The molecule has 0 bridgehead atoms. The third kappa shape index (κ3) is 2.14. The van der Waals surface area contributed by atoms with Gasteiger partial charge in [0.05, 0.1) is 12.8 Å². The number of nitrogens with two attached hydrogens (primary N) is 1. The molecule has 0 saturated heterocycles. The van der Waals surface area contributed by atoms with Gasteiger partial charge >= 0.3 is 5.97 Å². The van der Waals surface area contributed by atoms with Crippen LogP contribution in [0.1, 0.15) is 15.2 Å². The third-order valence-electron chi connectivity index (χ3n) is 2.39. The minimum Gasteiger partial charge on any atom is -0.465 e. The van der Waals surface area contributed by atoms with Crippen LogP contribution in [-0.2, 0) is 4.74 Å². The molecule has 0 unspecified atom stereocenters. The maximum atomic E-state index is 11.4. The lowest BCUT2D eigenvalue weighted by Crippen LogP contribution is -2.02. The minimum atomic E-state index is -0.445. The van der Waals surface area contributed by atoms with Crippen LogP contribution in [0.3, 0.4) is 0 Å². The highest BCUT2D eigenvalue weighted by atomic mass is 32.1. The first-order valence-corrected chi connectivity index (χ1v) is 5.81. The van der Waals surface area contributed by atoms with Gasteiger partial charge in [-0.2, -0.15) is 4.37 Å². The van der Waals surface area contributed by atoms with Crippen LogP contribution in [0.25, 0.3) is 11.3 Å². The highest BCUT2D eigenvalue weighted by Gasteiger charge is 2.18. The molecule has 17 heavy (non-hydrogen) atoms. The molecule has 0 spiro atoms. The molecule has 0 aliphatic rings. The number of anilines is 1. The largest absolute Gasteiger partial charge is 0.465 e. The number of ether oxygens (including phenoxy) is 1. The Hall–Kier alpha value is -1.88. The summed E-state index contributed by atoms with van der Waals surface area (Å²) in [5, 5.41) is 0.